The number of hydrogen-bond acceptors (Lipinski definition) is 6. The second kappa shape index (κ2) is 4.95. The topological polar surface area (TPSA) is 76.6 Å². The molecule has 0 N–H and O–H groups in total. The molecule has 1 heterocycles. The van der Waals surface area contributed by atoms with E-state index in [1.807, 2.05) is 0 Å². The van der Waals surface area contributed by atoms with E-state index in [0.29, 0.717) is 30.3 Å². The van der Waals surface area contributed by atoms with E-state index >= 15 is 0 Å². The minimum Gasteiger partial charge on any atom is -0.465 e. The van der Waals surface area contributed by atoms with Crippen molar-refractivity contribution in [2.75, 3.05) is 18.0 Å². The van der Waals surface area contributed by atoms with E-state index < -0.39 is 15.4 Å². The Hall–Kier alpha value is -1.15. The first kappa shape index (κ1) is 14.8. The van der Waals surface area contributed by atoms with Gasteiger partial charge in [-0.1, -0.05) is 0 Å². The van der Waals surface area contributed by atoms with Gasteiger partial charge in [0, 0.05) is 12.4 Å². The molecule has 2 fully saturated rings. The van der Waals surface area contributed by atoms with E-state index in [0.717, 1.165) is 12.8 Å². The lowest BCUT2D eigenvalue weighted by Crippen LogP contribution is -2.30. The van der Waals surface area contributed by atoms with E-state index in [9.17, 15) is 13.2 Å². The molecule has 1 aromatic rings. The van der Waals surface area contributed by atoms with Crippen LogP contribution < -0.4 is 4.31 Å². The van der Waals surface area contributed by atoms with Crippen LogP contribution in [0.3, 0.4) is 0 Å². The molecule has 0 bridgehead atoms. The first-order valence-electron chi connectivity index (χ1n) is 7.03. The van der Waals surface area contributed by atoms with Crippen LogP contribution in [0.2, 0.25) is 0 Å². The molecule has 0 amide bonds. The van der Waals surface area contributed by atoms with Crippen LogP contribution in [0.25, 0.3) is 0 Å². The third-order valence-corrected chi connectivity index (χ3v) is 7.28. The first-order valence-corrected chi connectivity index (χ1v) is 9.41. The van der Waals surface area contributed by atoms with Crippen LogP contribution in [0.15, 0.2) is 5.38 Å². The average Bonchev–Trinajstić information content (AvgIpc) is 3.36. The van der Waals surface area contributed by atoms with Gasteiger partial charge in [0.15, 0.2) is 5.13 Å². The molecule has 0 spiro atoms. The zero-order valence-electron chi connectivity index (χ0n) is 12.0. The standard InChI is InChI=1S/C13H18N2O4S2/c1-3-19-11(16)13(6-7-13)10-8-20-12(14-10)15(2)21(17,18)9-4-5-9/h8-9H,3-7H2,1-2H3. The maximum absolute atomic E-state index is 12.2. The fraction of sp³-hybridized carbons (Fsp3) is 0.692. The molecular formula is C13H18N2O4S2. The maximum Gasteiger partial charge on any atom is 0.318 e. The monoisotopic (exact) mass is 330 g/mol. The number of sulfonamides is 1. The number of esters is 1. The van der Waals surface area contributed by atoms with Crippen LogP contribution in [0.5, 0.6) is 0 Å². The van der Waals surface area contributed by atoms with Crippen molar-refractivity contribution in [1.29, 1.82) is 0 Å². The Morgan fingerprint density at radius 1 is 1.52 bits per heavy atom. The van der Waals surface area contributed by atoms with Crippen molar-refractivity contribution in [3.05, 3.63) is 11.1 Å². The van der Waals surface area contributed by atoms with Crippen molar-refractivity contribution >= 4 is 32.5 Å². The van der Waals surface area contributed by atoms with Crippen LogP contribution >= 0.6 is 11.3 Å². The number of anilines is 1. The largest absolute Gasteiger partial charge is 0.465 e. The molecule has 0 unspecified atom stereocenters. The second-order valence-corrected chi connectivity index (χ2v) is 8.61. The van der Waals surface area contributed by atoms with Gasteiger partial charge in [-0.3, -0.25) is 4.79 Å². The number of carbonyl (C=O) groups is 1. The van der Waals surface area contributed by atoms with E-state index in [4.69, 9.17) is 4.74 Å². The third kappa shape index (κ3) is 2.44. The first-order chi connectivity index (χ1) is 9.91. The number of rotatable bonds is 6. The maximum atomic E-state index is 12.2. The fourth-order valence-electron chi connectivity index (χ4n) is 2.29. The van der Waals surface area contributed by atoms with E-state index in [2.05, 4.69) is 4.98 Å². The minimum atomic E-state index is -3.30. The molecule has 8 heteroatoms. The molecule has 116 valence electrons. The summed E-state index contributed by atoms with van der Waals surface area (Å²) >= 11 is 1.26. The quantitative estimate of drug-likeness (QED) is 0.742. The molecule has 0 radical (unpaired) electrons. The highest BCUT2D eigenvalue weighted by atomic mass is 32.2. The highest BCUT2D eigenvalue weighted by Crippen LogP contribution is 2.50. The van der Waals surface area contributed by atoms with Gasteiger partial charge in [-0.05, 0) is 32.6 Å². The molecule has 0 saturated heterocycles. The Balaban J connectivity index is 1.82. The lowest BCUT2D eigenvalue weighted by molar-refractivity contribution is -0.146. The summed E-state index contributed by atoms with van der Waals surface area (Å²) in [5, 5.41) is 1.93. The normalized spacial score (nSPS) is 20.1. The van der Waals surface area contributed by atoms with Gasteiger partial charge in [0.25, 0.3) is 0 Å². The van der Waals surface area contributed by atoms with Crippen molar-refractivity contribution in [1.82, 2.24) is 4.98 Å². The van der Waals surface area contributed by atoms with Crippen molar-refractivity contribution in [3.63, 3.8) is 0 Å². The van der Waals surface area contributed by atoms with E-state index in [1.165, 1.54) is 22.7 Å². The molecule has 0 aliphatic heterocycles. The van der Waals surface area contributed by atoms with Gasteiger partial charge >= 0.3 is 5.97 Å². The van der Waals surface area contributed by atoms with Gasteiger partial charge in [0.2, 0.25) is 10.0 Å². The Bertz CT molecular complexity index is 659. The summed E-state index contributed by atoms with van der Waals surface area (Å²) in [6, 6.07) is 0. The van der Waals surface area contributed by atoms with Crippen molar-refractivity contribution in [2.24, 2.45) is 0 Å². The molecule has 6 nitrogen and oxygen atoms in total. The third-order valence-electron chi connectivity index (χ3n) is 4.00. The lowest BCUT2D eigenvalue weighted by Gasteiger charge is -2.16. The molecule has 2 aliphatic carbocycles. The molecule has 1 aromatic heterocycles. The van der Waals surface area contributed by atoms with Crippen LogP contribution in [0, 0.1) is 0 Å². The van der Waals surface area contributed by atoms with Gasteiger partial charge < -0.3 is 4.74 Å². The van der Waals surface area contributed by atoms with E-state index in [1.54, 1.807) is 12.3 Å². The van der Waals surface area contributed by atoms with E-state index in [-0.39, 0.29) is 11.2 Å². The summed E-state index contributed by atoms with van der Waals surface area (Å²) in [6.07, 6.45) is 2.87. The van der Waals surface area contributed by atoms with Gasteiger partial charge in [-0.25, -0.2) is 17.7 Å². The van der Waals surface area contributed by atoms with Crippen LogP contribution in [-0.4, -0.2) is 38.3 Å². The van der Waals surface area contributed by atoms with Gasteiger partial charge in [0.05, 0.1) is 17.6 Å². The number of aromatic nitrogens is 1. The SMILES string of the molecule is CCOC(=O)C1(c2csc(N(C)S(=O)(=O)C3CC3)n2)CC1. The predicted molar refractivity (Wildman–Crippen MR) is 80.0 cm³/mol. The summed E-state index contributed by atoms with van der Waals surface area (Å²) in [5.74, 6) is -0.255. The molecule has 0 atom stereocenters. The molecule has 2 saturated carbocycles. The Labute approximate surface area is 128 Å². The summed E-state index contributed by atoms with van der Waals surface area (Å²) in [5.41, 5.74) is -0.00613. The number of thiazole rings is 1. The zero-order valence-corrected chi connectivity index (χ0v) is 13.7. The highest BCUT2D eigenvalue weighted by molar-refractivity contribution is 7.93. The summed E-state index contributed by atoms with van der Waals surface area (Å²) < 4.78 is 30.8. The number of ether oxygens (including phenoxy) is 1. The minimum absolute atomic E-state index is 0.255. The summed E-state index contributed by atoms with van der Waals surface area (Å²) in [7, 11) is -1.77. The highest BCUT2D eigenvalue weighted by Gasteiger charge is 2.55. The number of hydrogen-bond donors (Lipinski definition) is 0. The average molecular weight is 330 g/mol. The molecule has 2 aliphatic rings. The molecular weight excluding hydrogens is 312 g/mol. The van der Waals surface area contributed by atoms with Crippen LogP contribution in [-0.2, 0) is 25.0 Å². The zero-order chi connectivity index (χ0) is 15.3. The molecule has 21 heavy (non-hydrogen) atoms. The fourth-order valence-corrected chi connectivity index (χ4v) is 4.96. The number of carbonyl (C=O) groups excluding carboxylic acids is 1. The predicted octanol–water partition coefficient (Wildman–Crippen LogP) is 1.67. The lowest BCUT2D eigenvalue weighted by atomic mass is 10.0. The Morgan fingerprint density at radius 2 is 2.19 bits per heavy atom. The number of nitrogens with zero attached hydrogens (tertiary/aromatic N) is 2. The second-order valence-electron chi connectivity index (χ2n) is 5.53. The smallest absolute Gasteiger partial charge is 0.318 e. The van der Waals surface area contributed by atoms with Gasteiger partial charge in [-0.15, -0.1) is 11.3 Å². The van der Waals surface area contributed by atoms with Crippen molar-refractivity contribution in [2.45, 2.75) is 43.3 Å². The van der Waals surface area contributed by atoms with Gasteiger partial charge in [0.1, 0.15) is 5.41 Å². The van der Waals surface area contributed by atoms with Gasteiger partial charge in [-0.2, -0.15) is 0 Å². The van der Waals surface area contributed by atoms with Crippen molar-refractivity contribution in [3.8, 4) is 0 Å². The Morgan fingerprint density at radius 3 is 2.71 bits per heavy atom. The van der Waals surface area contributed by atoms with Crippen LogP contribution in [0.4, 0.5) is 5.13 Å². The summed E-state index contributed by atoms with van der Waals surface area (Å²) in [4.78, 5) is 16.4. The Kier molecular flexibility index (Phi) is 3.48. The molecule has 0 aromatic carbocycles. The summed E-state index contributed by atoms with van der Waals surface area (Å²) in [6.45, 7) is 2.12. The van der Waals surface area contributed by atoms with Crippen LogP contribution in [0.1, 0.15) is 38.3 Å². The molecule has 3 rings (SSSR count). The van der Waals surface area contributed by atoms with Crippen molar-refractivity contribution < 1.29 is 17.9 Å².